The first-order valence-corrected chi connectivity index (χ1v) is 11.3. The molecule has 34 heavy (non-hydrogen) atoms. The normalized spacial score (nSPS) is 11.1. The number of benzene rings is 1. The van der Waals surface area contributed by atoms with Gasteiger partial charge in [0.1, 0.15) is 6.54 Å². The molecule has 3 heterocycles. The van der Waals surface area contributed by atoms with Gasteiger partial charge in [0.05, 0.1) is 17.8 Å². The molecular weight excluding hydrogens is 432 g/mol. The van der Waals surface area contributed by atoms with Gasteiger partial charge in [-0.15, -0.1) is 0 Å². The second-order valence-electron chi connectivity index (χ2n) is 8.18. The Morgan fingerprint density at radius 2 is 1.74 bits per heavy atom. The number of hydrogen-bond donors (Lipinski definition) is 1. The summed E-state index contributed by atoms with van der Waals surface area (Å²) in [7, 11) is 0. The molecule has 0 saturated carbocycles. The molecule has 0 fully saturated rings. The van der Waals surface area contributed by atoms with Gasteiger partial charge in [0.2, 0.25) is 5.91 Å². The van der Waals surface area contributed by atoms with Gasteiger partial charge in [0.15, 0.2) is 5.65 Å². The Balaban J connectivity index is 1.55. The second-order valence-corrected chi connectivity index (χ2v) is 8.18. The van der Waals surface area contributed by atoms with Crippen LogP contribution >= 0.6 is 0 Å². The smallest absolute Gasteiger partial charge is 0.318 e. The molecule has 0 saturated heterocycles. The number of carbonyl (C=O) groups excluding carboxylic acids is 1. The fraction of sp³-hybridized carbons (Fsp3) is 0.320. The van der Waals surface area contributed by atoms with Crippen LogP contribution in [0.1, 0.15) is 29.4 Å². The van der Waals surface area contributed by atoms with Gasteiger partial charge < -0.3 is 5.32 Å². The lowest BCUT2D eigenvalue weighted by atomic mass is 10.1. The monoisotopic (exact) mass is 460 g/mol. The highest BCUT2D eigenvalue weighted by molar-refractivity contribution is 5.78. The molecule has 1 aromatic carbocycles. The average molecular weight is 461 g/mol. The van der Waals surface area contributed by atoms with Crippen LogP contribution in [0, 0.1) is 13.8 Å². The Morgan fingerprint density at radius 3 is 2.44 bits per heavy atom. The zero-order chi connectivity index (χ0) is 24.2. The Hall–Kier alpha value is -4.01. The molecule has 0 bridgehead atoms. The Kier molecular flexibility index (Phi) is 6.72. The molecule has 0 atom stereocenters. The van der Waals surface area contributed by atoms with Gasteiger partial charge in [-0.05, 0) is 50.5 Å². The van der Waals surface area contributed by atoms with Crippen LogP contribution in [0.25, 0.3) is 11.2 Å². The zero-order valence-electron chi connectivity index (χ0n) is 19.6. The van der Waals surface area contributed by atoms with E-state index < -0.39 is 11.1 Å². The maximum Gasteiger partial charge on any atom is 0.318 e. The molecule has 1 amide bonds. The maximum absolute atomic E-state index is 13.0. The standard InChI is InChI=1S/C25H28N6O3/c1-4-31-18(3)20(17(2)28-31)12-14-26-22(32)16-29-21-11-8-13-27-23(21)30(25(34)24(29)33)15-19-9-6-5-7-10-19/h5-11,13H,4,12,14-16H2,1-3H3,(H,26,32). The van der Waals surface area contributed by atoms with Gasteiger partial charge >= 0.3 is 11.1 Å². The molecule has 0 radical (unpaired) electrons. The fourth-order valence-electron chi connectivity index (χ4n) is 4.24. The van der Waals surface area contributed by atoms with Crippen LogP contribution in [0.15, 0.2) is 58.3 Å². The van der Waals surface area contributed by atoms with E-state index in [1.54, 1.807) is 18.3 Å². The third-order valence-electron chi connectivity index (χ3n) is 6.00. The van der Waals surface area contributed by atoms with Crippen molar-refractivity contribution in [2.45, 2.75) is 46.8 Å². The summed E-state index contributed by atoms with van der Waals surface area (Å²) in [6, 6.07) is 12.8. The predicted molar refractivity (Wildman–Crippen MR) is 130 cm³/mol. The number of carbonyl (C=O) groups is 1. The number of hydrogen-bond acceptors (Lipinski definition) is 5. The molecule has 176 valence electrons. The van der Waals surface area contributed by atoms with Gasteiger partial charge in [0.25, 0.3) is 0 Å². The van der Waals surface area contributed by atoms with Crippen LogP contribution in [0.3, 0.4) is 0 Å². The molecule has 0 spiro atoms. The van der Waals surface area contributed by atoms with E-state index >= 15 is 0 Å². The number of nitrogens with zero attached hydrogens (tertiary/aromatic N) is 5. The van der Waals surface area contributed by atoms with E-state index in [9.17, 15) is 14.4 Å². The lowest BCUT2D eigenvalue weighted by molar-refractivity contribution is -0.121. The van der Waals surface area contributed by atoms with Gasteiger partial charge in [0, 0.05) is 25.0 Å². The van der Waals surface area contributed by atoms with Crippen molar-refractivity contribution in [3.05, 3.63) is 91.9 Å². The quantitative estimate of drug-likeness (QED) is 0.404. The second kappa shape index (κ2) is 9.86. The van der Waals surface area contributed by atoms with Gasteiger partial charge in [-0.2, -0.15) is 5.10 Å². The number of aromatic nitrogens is 5. The van der Waals surface area contributed by atoms with Gasteiger partial charge in [-0.25, -0.2) is 4.98 Å². The van der Waals surface area contributed by atoms with Crippen LogP contribution in [0.4, 0.5) is 0 Å². The topological polar surface area (TPSA) is 104 Å². The van der Waals surface area contributed by atoms with E-state index in [2.05, 4.69) is 15.4 Å². The van der Waals surface area contributed by atoms with Crippen molar-refractivity contribution < 1.29 is 4.79 Å². The summed E-state index contributed by atoms with van der Waals surface area (Å²) in [5, 5.41) is 7.36. The first kappa shape index (κ1) is 23.2. The summed E-state index contributed by atoms with van der Waals surface area (Å²) in [4.78, 5) is 42.9. The minimum atomic E-state index is -0.748. The number of fused-ring (bicyclic) bond motifs is 1. The third-order valence-corrected chi connectivity index (χ3v) is 6.00. The van der Waals surface area contributed by atoms with Crippen molar-refractivity contribution in [3.63, 3.8) is 0 Å². The molecule has 4 rings (SSSR count). The van der Waals surface area contributed by atoms with E-state index in [0.717, 1.165) is 29.1 Å². The van der Waals surface area contributed by atoms with E-state index in [0.29, 0.717) is 24.1 Å². The molecular formula is C25H28N6O3. The molecule has 9 heteroatoms. The highest BCUT2D eigenvalue weighted by Crippen LogP contribution is 2.13. The van der Waals surface area contributed by atoms with Crippen molar-refractivity contribution in [1.29, 1.82) is 0 Å². The molecule has 0 aliphatic rings. The molecule has 0 aliphatic heterocycles. The maximum atomic E-state index is 13.0. The first-order valence-electron chi connectivity index (χ1n) is 11.3. The van der Waals surface area contributed by atoms with E-state index in [1.807, 2.05) is 55.8 Å². The lowest BCUT2D eigenvalue weighted by Gasteiger charge is -2.14. The van der Waals surface area contributed by atoms with Crippen LogP contribution in [0.5, 0.6) is 0 Å². The number of aryl methyl sites for hydroxylation is 2. The Morgan fingerprint density at radius 1 is 1.00 bits per heavy atom. The largest absolute Gasteiger partial charge is 0.354 e. The van der Waals surface area contributed by atoms with Crippen molar-refractivity contribution in [3.8, 4) is 0 Å². The SMILES string of the molecule is CCn1nc(C)c(CCNC(=O)Cn2c(=O)c(=O)n(Cc3ccccc3)c3ncccc32)c1C. The number of pyridine rings is 1. The number of nitrogens with one attached hydrogen (secondary N) is 1. The lowest BCUT2D eigenvalue weighted by Crippen LogP contribution is -2.44. The zero-order valence-corrected chi connectivity index (χ0v) is 19.6. The summed E-state index contributed by atoms with van der Waals surface area (Å²) in [6.45, 7) is 7.18. The Labute approximate surface area is 196 Å². The highest BCUT2D eigenvalue weighted by atomic mass is 16.2. The fourth-order valence-corrected chi connectivity index (χ4v) is 4.24. The van der Waals surface area contributed by atoms with Gasteiger partial charge in [-0.1, -0.05) is 30.3 Å². The van der Waals surface area contributed by atoms with E-state index in [1.165, 1.54) is 9.13 Å². The summed E-state index contributed by atoms with van der Waals surface area (Å²) in [5.41, 5.74) is 3.37. The Bertz CT molecular complexity index is 1450. The van der Waals surface area contributed by atoms with E-state index in [4.69, 9.17) is 0 Å². The third kappa shape index (κ3) is 4.54. The molecule has 1 N–H and O–H groups in total. The molecule has 3 aromatic heterocycles. The van der Waals surface area contributed by atoms with Crippen molar-refractivity contribution >= 4 is 17.1 Å². The van der Waals surface area contributed by atoms with Crippen molar-refractivity contribution in [2.75, 3.05) is 6.54 Å². The van der Waals surface area contributed by atoms with E-state index in [-0.39, 0.29) is 19.0 Å². The summed E-state index contributed by atoms with van der Waals surface area (Å²) >= 11 is 0. The molecule has 0 unspecified atom stereocenters. The van der Waals surface area contributed by atoms with Crippen LogP contribution < -0.4 is 16.4 Å². The first-order chi connectivity index (χ1) is 16.4. The predicted octanol–water partition coefficient (Wildman–Crippen LogP) is 1.80. The molecule has 9 nitrogen and oxygen atoms in total. The number of rotatable bonds is 8. The van der Waals surface area contributed by atoms with Crippen LogP contribution in [-0.2, 0) is 30.8 Å². The highest BCUT2D eigenvalue weighted by Gasteiger charge is 2.17. The van der Waals surface area contributed by atoms with Crippen LogP contribution in [0.2, 0.25) is 0 Å². The van der Waals surface area contributed by atoms with Crippen molar-refractivity contribution in [2.24, 2.45) is 0 Å². The summed E-state index contributed by atoms with van der Waals surface area (Å²) < 4.78 is 4.50. The summed E-state index contributed by atoms with van der Waals surface area (Å²) in [5.74, 6) is -0.342. The average Bonchev–Trinajstić information content (AvgIpc) is 3.12. The molecule has 0 aliphatic carbocycles. The minimum Gasteiger partial charge on any atom is -0.354 e. The summed E-state index contributed by atoms with van der Waals surface area (Å²) in [6.07, 6.45) is 2.21. The molecule has 4 aromatic rings. The number of amides is 1. The van der Waals surface area contributed by atoms with Gasteiger partial charge in [-0.3, -0.25) is 28.2 Å². The van der Waals surface area contributed by atoms with Crippen LogP contribution in [-0.4, -0.2) is 36.4 Å². The minimum absolute atomic E-state index is 0.222. The van der Waals surface area contributed by atoms with Crippen molar-refractivity contribution in [1.82, 2.24) is 29.2 Å².